The number of hydrogen-bond donors (Lipinski definition) is 3. The molecule has 0 saturated carbocycles. The molecule has 0 fully saturated rings. The number of nitrogens with two attached hydrogens (primary N) is 1. The van der Waals surface area contributed by atoms with Gasteiger partial charge in [0.2, 0.25) is 0 Å². The number of halogens is 1. The molecular formula is C9H16BrN3. The monoisotopic (exact) mass is 245 g/mol. The highest BCUT2D eigenvalue weighted by Crippen LogP contribution is 2.10. The van der Waals surface area contributed by atoms with Gasteiger partial charge in [0.1, 0.15) is 0 Å². The zero-order valence-electron chi connectivity index (χ0n) is 7.81. The molecule has 0 amide bonds. The van der Waals surface area contributed by atoms with Crippen LogP contribution in [0.2, 0.25) is 0 Å². The molecule has 0 spiro atoms. The van der Waals surface area contributed by atoms with Crippen molar-refractivity contribution < 1.29 is 0 Å². The summed E-state index contributed by atoms with van der Waals surface area (Å²) in [7, 11) is 0. The van der Waals surface area contributed by atoms with Crippen molar-refractivity contribution in [2.24, 2.45) is 5.73 Å². The summed E-state index contributed by atoms with van der Waals surface area (Å²) in [6.07, 6.45) is 2.95. The molecule has 1 rings (SSSR count). The lowest BCUT2D eigenvalue weighted by Crippen LogP contribution is -2.27. The third-order valence-corrected chi connectivity index (χ3v) is 2.41. The summed E-state index contributed by atoms with van der Waals surface area (Å²) in [5, 5.41) is 3.38. The van der Waals surface area contributed by atoms with Crippen LogP contribution >= 0.6 is 15.9 Å². The van der Waals surface area contributed by atoms with Crippen LogP contribution in [0.15, 0.2) is 16.7 Å². The van der Waals surface area contributed by atoms with E-state index in [1.54, 1.807) is 0 Å². The summed E-state index contributed by atoms with van der Waals surface area (Å²) in [5.41, 5.74) is 6.64. The van der Waals surface area contributed by atoms with Crippen LogP contribution in [-0.4, -0.2) is 17.6 Å². The minimum Gasteiger partial charge on any atom is -0.363 e. The van der Waals surface area contributed by atoms with Crippen LogP contribution in [0, 0.1) is 0 Å². The lowest BCUT2D eigenvalue weighted by Gasteiger charge is -2.11. The topological polar surface area (TPSA) is 53.8 Å². The summed E-state index contributed by atoms with van der Waals surface area (Å²) in [6.45, 7) is 3.75. The number of aromatic nitrogens is 1. The standard InChI is InChI=1S/C9H16BrN3/c1-7(2-3-11)12-6-9-4-8(10)5-13-9/h4-5,7,12-13H,2-3,6,11H2,1H3. The van der Waals surface area contributed by atoms with E-state index >= 15 is 0 Å². The second kappa shape index (κ2) is 5.42. The first-order valence-electron chi connectivity index (χ1n) is 4.48. The zero-order valence-corrected chi connectivity index (χ0v) is 9.39. The quantitative estimate of drug-likeness (QED) is 0.739. The molecule has 0 aliphatic heterocycles. The van der Waals surface area contributed by atoms with E-state index in [1.807, 2.05) is 6.20 Å². The van der Waals surface area contributed by atoms with Gasteiger partial charge in [-0.2, -0.15) is 0 Å². The first-order valence-corrected chi connectivity index (χ1v) is 5.28. The Labute approximate surface area is 87.2 Å². The maximum absolute atomic E-state index is 5.45. The van der Waals surface area contributed by atoms with Gasteiger partial charge >= 0.3 is 0 Å². The van der Waals surface area contributed by atoms with Crippen LogP contribution in [0.4, 0.5) is 0 Å². The van der Waals surface area contributed by atoms with Gasteiger partial charge < -0.3 is 16.0 Å². The fraction of sp³-hybridized carbons (Fsp3) is 0.556. The molecule has 0 saturated heterocycles. The Morgan fingerprint density at radius 1 is 1.69 bits per heavy atom. The Kier molecular flexibility index (Phi) is 4.48. The average molecular weight is 246 g/mol. The van der Waals surface area contributed by atoms with Crippen molar-refractivity contribution in [1.82, 2.24) is 10.3 Å². The lowest BCUT2D eigenvalue weighted by atomic mass is 10.2. The molecule has 0 aliphatic carbocycles. The van der Waals surface area contributed by atoms with E-state index in [0.29, 0.717) is 6.04 Å². The van der Waals surface area contributed by atoms with E-state index in [0.717, 1.165) is 24.0 Å². The van der Waals surface area contributed by atoms with Gasteiger partial charge in [0.15, 0.2) is 0 Å². The van der Waals surface area contributed by atoms with Gasteiger partial charge in [0.05, 0.1) is 0 Å². The molecule has 1 aromatic heterocycles. The Morgan fingerprint density at radius 3 is 3.00 bits per heavy atom. The summed E-state index contributed by atoms with van der Waals surface area (Å²) in [6, 6.07) is 2.55. The van der Waals surface area contributed by atoms with Crippen LogP contribution in [0.5, 0.6) is 0 Å². The number of aromatic amines is 1. The SMILES string of the molecule is CC(CCN)NCc1cc(Br)c[nH]1. The molecule has 0 aromatic carbocycles. The second-order valence-electron chi connectivity index (χ2n) is 3.20. The van der Waals surface area contributed by atoms with Crippen molar-refractivity contribution in [1.29, 1.82) is 0 Å². The van der Waals surface area contributed by atoms with Crippen molar-refractivity contribution in [3.8, 4) is 0 Å². The Balaban J connectivity index is 2.26. The first kappa shape index (κ1) is 10.8. The largest absolute Gasteiger partial charge is 0.363 e. The van der Waals surface area contributed by atoms with Crippen molar-refractivity contribution in [2.45, 2.75) is 25.9 Å². The molecule has 1 unspecified atom stereocenters. The fourth-order valence-corrected chi connectivity index (χ4v) is 1.54. The Hall–Kier alpha value is -0.320. The van der Waals surface area contributed by atoms with Crippen LogP contribution in [-0.2, 0) is 6.54 Å². The molecule has 4 heteroatoms. The number of H-pyrrole nitrogens is 1. The molecule has 0 bridgehead atoms. The Morgan fingerprint density at radius 2 is 2.46 bits per heavy atom. The van der Waals surface area contributed by atoms with Gasteiger partial charge in [-0.15, -0.1) is 0 Å². The molecule has 0 aliphatic rings. The maximum atomic E-state index is 5.45. The minimum atomic E-state index is 0.479. The molecular weight excluding hydrogens is 230 g/mol. The maximum Gasteiger partial charge on any atom is 0.0359 e. The fourth-order valence-electron chi connectivity index (χ4n) is 1.15. The van der Waals surface area contributed by atoms with E-state index in [1.165, 1.54) is 5.69 Å². The van der Waals surface area contributed by atoms with Crippen molar-refractivity contribution in [3.05, 3.63) is 22.4 Å². The van der Waals surface area contributed by atoms with E-state index in [2.05, 4.69) is 39.2 Å². The van der Waals surface area contributed by atoms with Gasteiger partial charge in [-0.05, 0) is 41.9 Å². The van der Waals surface area contributed by atoms with E-state index in [4.69, 9.17) is 5.73 Å². The third kappa shape index (κ3) is 3.93. The minimum absolute atomic E-state index is 0.479. The number of nitrogens with one attached hydrogen (secondary N) is 2. The smallest absolute Gasteiger partial charge is 0.0359 e. The molecule has 0 radical (unpaired) electrons. The summed E-state index contributed by atoms with van der Waals surface area (Å²) in [4.78, 5) is 3.16. The van der Waals surface area contributed by atoms with Crippen molar-refractivity contribution in [2.75, 3.05) is 6.54 Å². The van der Waals surface area contributed by atoms with E-state index < -0.39 is 0 Å². The molecule has 3 nitrogen and oxygen atoms in total. The zero-order chi connectivity index (χ0) is 9.68. The summed E-state index contributed by atoms with van der Waals surface area (Å²) in [5.74, 6) is 0. The molecule has 1 atom stereocenters. The molecule has 13 heavy (non-hydrogen) atoms. The van der Waals surface area contributed by atoms with Crippen LogP contribution in [0.1, 0.15) is 19.0 Å². The summed E-state index contributed by atoms with van der Waals surface area (Å²) >= 11 is 3.39. The average Bonchev–Trinajstić information content (AvgIpc) is 2.49. The molecule has 1 aromatic rings. The highest BCUT2D eigenvalue weighted by molar-refractivity contribution is 9.10. The van der Waals surface area contributed by atoms with Gasteiger partial charge in [-0.1, -0.05) is 0 Å². The number of rotatable bonds is 5. The van der Waals surface area contributed by atoms with Gasteiger partial charge in [0.25, 0.3) is 0 Å². The predicted molar refractivity (Wildman–Crippen MR) is 58.5 cm³/mol. The van der Waals surface area contributed by atoms with Crippen LogP contribution < -0.4 is 11.1 Å². The van der Waals surface area contributed by atoms with Gasteiger partial charge in [0, 0.05) is 29.0 Å². The molecule has 1 heterocycles. The first-order chi connectivity index (χ1) is 6.22. The Bertz CT molecular complexity index is 247. The van der Waals surface area contributed by atoms with Crippen LogP contribution in [0.3, 0.4) is 0 Å². The van der Waals surface area contributed by atoms with Gasteiger partial charge in [-0.3, -0.25) is 0 Å². The number of hydrogen-bond acceptors (Lipinski definition) is 2. The highest BCUT2D eigenvalue weighted by Gasteiger charge is 2.00. The highest BCUT2D eigenvalue weighted by atomic mass is 79.9. The van der Waals surface area contributed by atoms with Gasteiger partial charge in [-0.25, -0.2) is 0 Å². The van der Waals surface area contributed by atoms with Crippen molar-refractivity contribution >= 4 is 15.9 Å². The molecule has 74 valence electrons. The van der Waals surface area contributed by atoms with Crippen molar-refractivity contribution in [3.63, 3.8) is 0 Å². The summed E-state index contributed by atoms with van der Waals surface area (Å²) < 4.78 is 1.09. The van der Waals surface area contributed by atoms with E-state index in [-0.39, 0.29) is 0 Å². The molecule has 4 N–H and O–H groups in total. The predicted octanol–water partition coefficient (Wildman–Crippen LogP) is 1.60. The lowest BCUT2D eigenvalue weighted by molar-refractivity contribution is 0.516. The third-order valence-electron chi connectivity index (χ3n) is 1.95. The van der Waals surface area contributed by atoms with E-state index in [9.17, 15) is 0 Å². The van der Waals surface area contributed by atoms with Crippen LogP contribution in [0.25, 0.3) is 0 Å². The normalized spacial score (nSPS) is 13.2. The second-order valence-corrected chi connectivity index (χ2v) is 4.12.